The monoisotopic (exact) mass is 374 g/mol. The molecule has 2 heterocycles. The average Bonchev–Trinajstić information content (AvgIpc) is 3.24. The molecule has 0 saturated heterocycles. The minimum Gasteiger partial charge on any atom is -0.503 e. The van der Waals surface area contributed by atoms with Gasteiger partial charge in [-0.25, -0.2) is 0 Å². The number of nitro groups is 1. The Labute approximate surface area is 151 Å². The van der Waals surface area contributed by atoms with Gasteiger partial charge in [-0.1, -0.05) is 18.2 Å². The van der Waals surface area contributed by atoms with Crippen LogP contribution in [0.3, 0.4) is 0 Å². The molecule has 9 heteroatoms. The van der Waals surface area contributed by atoms with Crippen LogP contribution in [0.25, 0.3) is 0 Å². The van der Waals surface area contributed by atoms with E-state index in [4.69, 9.17) is 0 Å². The summed E-state index contributed by atoms with van der Waals surface area (Å²) in [4.78, 5) is 37.2. The van der Waals surface area contributed by atoms with E-state index >= 15 is 0 Å². The van der Waals surface area contributed by atoms with E-state index in [-0.39, 0.29) is 24.4 Å². The normalized spacial score (nSPS) is 17.0. The van der Waals surface area contributed by atoms with Crippen molar-refractivity contribution in [1.82, 2.24) is 4.90 Å². The highest BCUT2D eigenvalue weighted by molar-refractivity contribution is 7.12. The Morgan fingerprint density at radius 2 is 2.08 bits per heavy atom. The fourth-order valence-corrected chi connectivity index (χ4v) is 3.60. The number of aliphatic hydroxyl groups is 2. The molecule has 134 valence electrons. The highest BCUT2D eigenvalue weighted by Gasteiger charge is 2.44. The molecule has 0 saturated carbocycles. The van der Waals surface area contributed by atoms with Crippen LogP contribution in [0.1, 0.15) is 21.3 Å². The molecule has 1 unspecified atom stereocenters. The summed E-state index contributed by atoms with van der Waals surface area (Å²) in [5.74, 6) is -2.02. The van der Waals surface area contributed by atoms with E-state index in [1.54, 1.807) is 17.5 Å². The van der Waals surface area contributed by atoms with Gasteiger partial charge in [0.15, 0.2) is 5.76 Å². The number of amides is 1. The summed E-state index contributed by atoms with van der Waals surface area (Å²) in [5.41, 5.74) is -0.0374. The molecule has 0 fully saturated rings. The SMILES string of the molecule is O=C(C1=C(O)C(=O)N(CCO)C1c1cccc([N+](=O)[O-])c1)c1cccs1. The van der Waals surface area contributed by atoms with Crippen molar-refractivity contribution in [2.45, 2.75) is 6.04 Å². The van der Waals surface area contributed by atoms with Gasteiger partial charge in [0, 0.05) is 18.7 Å². The van der Waals surface area contributed by atoms with Crippen molar-refractivity contribution in [3.8, 4) is 0 Å². The first-order valence-corrected chi connectivity index (χ1v) is 8.51. The Kier molecular flexibility index (Phi) is 4.83. The lowest BCUT2D eigenvalue weighted by Crippen LogP contribution is -2.33. The minimum absolute atomic E-state index is 0.128. The third kappa shape index (κ3) is 2.98. The number of thiophene rings is 1. The maximum atomic E-state index is 12.8. The number of rotatable bonds is 6. The van der Waals surface area contributed by atoms with Crippen LogP contribution in [-0.4, -0.2) is 44.9 Å². The molecular formula is C17H14N2O6S. The Bertz CT molecular complexity index is 906. The number of Topliss-reactive ketones (excluding diaryl/α,β-unsaturated/α-hetero) is 1. The lowest BCUT2D eigenvalue weighted by atomic mass is 9.95. The van der Waals surface area contributed by atoms with Crippen LogP contribution >= 0.6 is 11.3 Å². The fourth-order valence-electron chi connectivity index (χ4n) is 2.92. The molecule has 1 atom stereocenters. The van der Waals surface area contributed by atoms with Crippen LogP contribution in [0.2, 0.25) is 0 Å². The van der Waals surface area contributed by atoms with Crippen molar-refractivity contribution in [2.75, 3.05) is 13.2 Å². The molecule has 1 aliphatic rings. The van der Waals surface area contributed by atoms with Gasteiger partial charge in [-0.05, 0) is 17.0 Å². The van der Waals surface area contributed by atoms with Crippen molar-refractivity contribution in [1.29, 1.82) is 0 Å². The van der Waals surface area contributed by atoms with E-state index in [1.165, 1.54) is 24.3 Å². The second kappa shape index (κ2) is 7.06. The lowest BCUT2D eigenvalue weighted by molar-refractivity contribution is -0.384. The second-order valence-corrected chi connectivity index (χ2v) is 6.49. The van der Waals surface area contributed by atoms with Crippen LogP contribution in [-0.2, 0) is 4.79 Å². The maximum Gasteiger partial charge on any atom is 0.290 e. The first kappa shape index (κ1) is 17.8. The largest absolute Gasteiger partial charge is 0.503 e. The van der Waals surface area contributed by atoms with Gasteiger partial charge in [0.25, 0.3) is 11.6 Å². The van der Waals surface area contributed by atoms with Gasteiger partial charge in [-0.15, -0.1) is 11.3 Å². The van der Waals surface area contributed by atoms with Gasteiger partial charge < -0.3 is 15.1 Å². The Balaban J connectivity index is 2.13. The molecule has 1 aliphatic heterocycles. The van der Waals surface area contributed by atoms with Crippen LogP contribution in [0.5, 0.6) is 0 Å². The molecule has 0 radical (unpaired) electrons. The molecule has 26 heavy (non-hydrogen) atoms. The molecule has 1 aromatic carbocycles. The molecule has 2 N–H and O–H groups in total. The Hall–Kier alpha value is -3.04. The zero-order valence-corrected chi connectivity index (χ0v) is 14.2. The summed E-state index contributed by atoms with van der Waals surface area (Å²) < 4.78 is 0. The van der Waals surface area contributed by atoms with Crippen molar-refractivity contribution in [3.05, 3.63) is 73.7 Å². The van der Waals surface area contributed by atoms with E-state index in [2.05, 4.69) is 0 Å². The lowest BCUT2D eigenvalue weighted by Gasteiger charge is -2.25. The molecule has 3 rings (SSSR count). The quantitative estimate of drug-likeness (QED) is 0.454. The molecular weight excluding hydrogens is 360 g/mol. The summed E-state index contributed by atoms with van der Waals surface area (Å²) in [5, 5.41) is 32.3. The third-order valence-corrected chi connectivity index (χ3v) is 4.90. The van der Waals surface area contributed by atoms with Crippen molar-refractivity contribution < 1.29 is 24.7 Å². The second-order valence-electron chi connectivity index (χ2n) is 5.55. The standard InChI is InChI=1S/C17H14N2O6S/c20-7-6-18-14(10-3-1-4-11(9-10)19(24)25)13(16(22)17(18)23)15(21)12-5-2-8-26-12/h1-5,8-9,14,20,22H,6-7H2. The number of carbonyl (C=O) groups excluding carboxylic acids is 2. The van der Waals surface area contributed by atoms with E-state index < -0.39 is 28.4 Å². The number of nitro benzene ring substituents is 1. The minimum atomic E-state index is -1.01. The van der Waals surface area contributed by atoms with Gasteiger partial charge in [-0.3, -0.25) is 19.7 Å². The summed E-state index contributed by atoms with van der Waals surface area (Å²) >= 11 is 1.16. The van der Waals surface area contributed by atoms with Crippen LogP contribution in [0.4, 0.5) is 5.69 Å². The molecule has 1 amide bonds. The number of carbonyl (C=O) groups is 2. The molecule has 0 aliphatic carbocycles. The summed E-state index contributed by atoms with van der Waals surface area (Å²) in [6.45, 7) is -0.512. The van der Waals surface area contributed by atoms with Gasteiger partial charge in [0.2, 0.25) is 5.78 Å². The Morgan fingerprint density at radius 3 is 2.69 bits per heavy atom. The summed E-state index contributed by atoms with van der Waals surface area (Å²) in [7, 11) is 0. The number of nitrogens with zero attached hydrogens (tertiary/aromatic N) is 2. The van der Waals surface area contributed by atoms with Gasteiger partial charge in [0.05, 0.1) is 28.0 Å². The topological polar surface area (TPSA) is 121 Å². The number of benzene rings is 1. The first-order chi connectivity index (χ1) is 12.5. The number of aliphatic hydroxyl groups excluding tert-OH is 2. The van der Waals surface area contributed by atoms with Crippen LogP contribution in [0.15, 0.2) is 53.1 Å². The van der Waals surface area contributed by atoms with Crippen molar-refractivity contribution in [3.63, 3.8) is 0 Å². The molecule has 2 aromatic rings. The van der Waals surface area contributed by atoms with E-state index in [0.29, 0.717) is 10.4 Å². The highest BCUT2D eigenvalue weighted by atomic mass is 32.1. The number of β-amino-alcohol motifs (C(OH)–C–C–N with tert-alkyl or cyclic N) is 1. The smallest absolute Gasteiger partial charge is 0.290 e. The number of non-ortho nitro benzene ring substituents is 1. The summed E-state index contributed by atoms with van der Waals surface area (Å²) in [6.07, 6.45) is 0. The Morgan fingerprint density at radius 1 is 1.31 bits per heavy atom. The molecule has 8 nitrogen and oxygen atoms in total. The highest BCUT2D eigenvalue weighted by Crippen LogP contribution is 2.40. The van der Waals surface area contributed by atoms with Crippen LogP contribution in [0, 0.1) is 10.1 Å². The zero-order chi connectivity index (χ0) is 18.8. The third-order valence-electron chi connectivity index (χ3n) is 4.03. The predicted octanol–water partition coefficient (Wildman–Crippen LogP) is 2.23. The molecule has 0 spiro atoms. The van der Waals surface area contributed by atoms with Gasteiger partial charge >= 0.3 is 0 Å². The van der Waals surface area contributed by atoms with Crippen molar-refractivity contribution >= 4 is 28.7 Å². The predicted molar refractivity (Wildman–Crippen MR) is 92.9 cm³/mol. The fraction of sp³-hybridized carbons (Fsp3) is 0.176. The van der Waals surface area contributed by atoms with Crippen LogP contribution < -0.4 is 0 Å². The first-order valence-electron chi connectivity index (χ1n) is 7.63. The number of ketones is 1. The molecule has 0 bridgehead atoms. The number of hydrogen-bond acceptors (Lipinski definition) is 7. The summed E-state index contributed by atoms with van der Waals surface area (Å²) in [6, 6.07) is 7.75. The van der Waals surface area contributed by atoms with E-state index in [9.17, 15) is 29.9 Å². The van der Waals surface area contributed by atoms with Gasteiger partial charge in [0.1, 0.15) is 0 Å². The molecule has 1 aromatic heterocycles. The maximum absolute atomic E-state index is 12.8. The van der Waals surface area contributed by atoms with Gasteiger partial charge in [-0.2, -0.15) is 0 Å². The van der Waals surface area contributed by atoms with Crippen molar-refractivity contribution in [2.24, 2.45) is 0 Å². The zero-order valence-electron chi connectivity index (χ0n) is 13.4. The van der Waals surface area contributed by atoms with E-state index in [0.717, 1.165) is 16.2 Å². The van der Waals surface area contributed by atoms with E-state index in [1.807, 2.05) is 0 Å². The average molecular weight is 374 g/mol. The number of hydrogen-bond donors (Lipinski definition) is 2.